The van der Waals surface area contributed by atoms with Gasteiger partial charge in [0.1, 0.15) is 11.8 Å². The van der Waals surface area contributed by atoms with Gasteiger partial charge in [0.2, 0.25) is 0 Å². The molecule has 0 spiro atoms. The number of carboxylic acids is 2. The molecule has 0 bridgehead atoms. The molecule has 0 heterocycles. The van der Waals surface area contributed by atoms with Crippen LogP contribution in [0.3, 0.4) is 0 Å². The van der Waals surface area contributed by atoms with E-state index in [-0.39, 0.29) is 11.3 Å². The lowest BCUT2D eigenvalue weighted by Crippen LogP contribution is -2.42. The highest BCUT2D eigenvalue weighted by atomic mass is 79.9. The largest absolute Gasteiger partial charge is 0.507 e. The third-order valence-electron chi connectivity index (χ3n) is 2.19. The number of carbonyl (C=O) groups excluding carboxylic acids is 1. The molecule has 0 saturated carbocycles. The predicted octanol–water partition coefficient (Wildman–Crippen LogP) is 0.812. The summed E-state index contributed by atoms with van der Waals surface area (Å²) in [5, 5.41) is 28.9. The lowest BCUT2D eigenvalue weighted by molar-refractivity contribution is -0.145. The van der Waals surface area contributed by atoms with E-state index in [0.29, 0.717) is 4.47 Å². The summed E-state index contributed by atoms with van der Waals surface area (Å²) in [5.41, 5.74) is -0.139. The quantitative estimate of drug-likeness (QED) is 0.633. The molecular weight excluding hydrogens is 322 g/mol. The molecule has 8 heteroatoms. The van der Waals surface area contributed by atoms with Gasteiger partial charge in [0.15, 0.2) is 0 Å². The van der Waals surface area contributed by atoms with Gasteiger partial charge in [-0.15, -0.1) is 0 Å². The number of phenolic OH excluding ortho intramolecular Hbond substituents is 1. The van der Waals surface area contributed by atoms with Crippen molar-refractivity contribution in [2.24, 2.45) is 0 Å². The Morgan fingerprint density at radius 1 is 1.26 bits per heavy atom. The summed E-state index contributed by atoms with van der Waals surface area (Å²) >= 11 is 3.09. The van der Waals surface area contributed by atoms with Crippen molar-refractivity contribution in [1.82, 2.24) is 5.32 Å². The topological polar surface area (TPSA) is 124 Å². The second-order valence-electron chi connectivity index (χ2n) is 3.62. The molecule has 1 rings (SSSR count). The Morgan fingerprint density at radius 2 is 1.89 bits per heavy atom. The van der Waals surface area contributed by atoms with Crippen LogP contribution in [0.5, 0.6) is 5.75 Å². The van der Waals surface area contributed by atoms with E-state index in [1.807, 2.05) is 5.32 Å². The molecule has 0 aliphatic heterocycles. The molecule has 1 aromatic carbocycles. The number of hydrogen-bond acceptors (Lipinski definition) is 4. The van der Waals surface area contributed by atoms with Crippen LogP contribution in [0.15, 0.2) is 22.7 Å². The molecule has 0 aliphatic carbocycles. The third kappa shape index (κ3) is 4.25. The second kappa shape index (κ2) is 6.19. The lowest BCUT2D eigenvalue weighted by Gasteiger charge is -2.13. The van der Waals surface area contributed by atoms with E-state index in [1.54, 1.807) is 0 Å². The molecule has 7 nitrogen and oxygen atoms in total. The zero-order valence-corrected chi connectivity index (χ0v) is 11.0. The van der Waals surface area contributed by atoms with Crippen LogP contribution in [0.1, 0.15) is 16.8 Å². The molecule has 0 radical (unpaired) electrons. The van der Waals surface area contributed by atoms with Gasteiger partial charge in [0.25, 0.3) is 5.91 Å². The molecule has 4 N–H and O–H groups in total. The van der Waals surface area contributed by atoms with Crippen molar-refractivity contribution in [3.8, 4) is 5.75 Å². The van der Waals surface area contributed by atoms with Crippen LogP contribution in [-0.2, 0) is 9.59 Å². The lowest BCUT2D eigenvalue weighted by atomic mass is 10.1. The number of benzene rings is 1. The SMILES string of the molecule is O=C(O)C[C@@H](NC(=O)c1ccc(Br)cc1O)C(=O)O. The van der Waals surface area contributed by atoms with Gasteiger partial charge < -0.3 is 20.6 Å². The number of rotatable bonds is 5. The van der Waals surface area contributed by atoms with Crippen molar-refractivity contribution in [1.29, 1.82) is 0 Å². The van der Waals surface area contributed by atoms with E-state index in [9.17, 15) is 19.5 Å². The fraction of sp³-hybridized carbons (Fsp3) is 0.182. The number of phenols is 1. The molecule has 0 aromatic heterocycles. The predicted molar refractivity (Wildman–Crippen MR) is 66.9 cm³/mol. The van der Waals surface area contributed by atoms with Crippen LogP contribution in [0.2, 0.25) is 0 Å². The highest BCUT2D eigenvalue weighted by molar-refractivity contribution is 9.10. The van der Waals surface area contributed by atoms with Crippen LogP contribution in [0, 0.1) is 0 Å². The molecule has 0 unspecified atom stereocenters. The Hall–Kier alpha value is -2.09. The van der Waals surface area contributed by atoms with Gasteiger partial charge in [-0.3, -0.25) is 9.59 Å². The van der Waals surface area contributed by atoms with Gasteiger partial charge in [0, 0.05) is 4.47 Å². The molecule has 1 atom stereocenters. The number of hydrogen-bond donors (Lipinski definition) is 4. The summed E-state index contributed by atoms with van der Waals surface area (Å²) in [4.78, 5) is 33.0. The summed E-state index contributed by atoms with van der Waals surface area (Å²) in [6, 6.07) is 2.48. The minimum Gasteiger partial charge on any atom is -0.507 e. The first-order valence-electron chi connectivity index (χ1n) is 5.05. The number of nitrogens with one attached hydrogen (secondary N) is 1. The van der Waals surface area contributed by atoms with Crippen molar-refractivity contribution in [3.05, 3.63) is 28.2 Å². The number of carbonyl (C=O) groups is 3. The normalized spacial score (nSPS) is 11.6. The Bertz CT molecular complexity index is 530. The number of amides is 1. The van der Waals surface area contributed by atoms with Gasteiger partial charge in [-0.05, 0) is 18.2 Å². The highest BCUT2D eigenvalue weighted by Gasteiger charge is 2.24. The van der Waals surface area contributed by atoms with Crippen molar-refractivity contribution >= 4 is 33.8 Å². The van der Waals surface area contributed by atoms with E-state index >= 15 is 0 Å². The maximum Gasteiger partial charge on any atom is 0.326 e. The van der Waals surface area contributed by atoms with E-state index in [2.05, 4.69) is 15.9 Å². The molecular formula is C11H10BrNO6. The third-order valence-corrected chi connectivity index (χ3v) is 2.68. The molecule has 0 fully saturated rings. The van der Waals surface area contributed by atoms with Gasteiger partial charge >= 0.3 is 11.9 Å². The summed E-state index contributed by atoms with van der Waals surface area (Å²) in [5.74, 6) is -4.02. The monoisotopic (exact) mass is 331 g/mol. The summed E-state index contributed by atoms with van der Waals surface area (Å²) < 4.78 is 0.543. The second-order valence-corrected chi connectivity index (χ2v) is 4.54. The Balaban J connectivity index is 2.87. The minimum atomic E-state index is -1.56. The number of carboxylic acid groups (broad SMARTS) is 2. The van der Waals surface area contributed by atoms with Gasteiger partial charge in [0.05, 0.1) is 12.0 Å². The minimum absolute atomic E-state index is 0.139. The smallest absolute Gasteiger partial charge is 0.326 e. The summed E-state index contributed by atoms with van der Waals surface area (Å²) in [6.07, 6.45) is -0.752. The van der Waals surface area contributed by atoms with E-state index < -0.39 is 30.3 Å². The molecule has 0 aliphatic rings. The Morgan fingerprint density at radius 3 is 2.37 bits per heavy atom. The molecule has 102 valence electrons. The zero-order valence-electron chi connectivity index (χ0n) is 9.46. The van der Waals surface area contributed by atoms with E-state index in [4.69, 9.17) is 10.2 Å². The average molecular weight is 332 g/mol. The van der Waals surface area contributed by atoms with Gasteiger partial charge in [-0.1, -0.05) is 15.9 Å². The fourth-order valence-electron chi connectivity index (χ4n) is 1.31. The zero-order chi connectivity index (χ0) is 14.6. The fourth-order valence-corrected chi connectivity index (χ4v) is 1.66. The van der Waals surface area contributed by atoms with Crippen LogP contribution in [-0.4, -0.2) is 39.2 Å². The summed E-state index contributed by atoms with van der Waals surface area (Å²) in [7, 11) is 0. The average Bonchev–Trinajstić information content (AvgIpc) is 2.26. The standard InChI is InChI=1S/C11H10BrNO6/c12-5-1-2-6(8(14)3-5)10(17)13-7(11(18)19)4-9(15)16/h1-3,7,14H,4H2,(H,13,17)(H,15,16)(H,18,19)/t7-/m1/s1. The molecule has 0 saturated heterocycles. The molecule has 1 aromatic rings. The first kappa shape index (κ1) is 15.0. The van der Waals surface area contributed by atoms with E-state index in [1.165, 1.54) is 18.2 Å². The highest BCUT2D eigenvalue weighted by Crippen LogP contribution is 2.22. The molecule has 19 heavy (non-hydrogen) atoms. The number of aromatic hydroxyl groups is 1. The Labute approximate surface area is 116 Å². The van der Waals surface area contributed by atoms with Crippen LogP contribution in [0.4, 0.5) is 0 Å². The number of aliphatic carboxylic acids is 2. The Kier molecular flexibility index (Phi) is 4.87. The van der Waals surface area contributed by atoms with Crippen LogP contribution in [0.25, 0.3) is 0 Å². The molecule has 1 amide bonds. The van der Waals surface area contributed by atoms with Gasteiger partial charge in [-0.2, -0.15) is 0 Å². The van der Waals surface area contributed by atoms with Crippen molar-refractivity contribution in [2.45, 2.75) is 12.5 Å². The van der Waals surface area contributed by atoms with Gasteiger partial charge in [-0.25, -0.2) is 4.79 Å². The van der Waals surface area contributed by atoms with Crippen LogP contribution < -0.4 is 5.32 Å². The first-order valence-corrected chi connectivity index (χ1v) is 5.84. The first-order chi connectivity index (χ1) is 8.81. The van der Waals surface area contributed by atoms with Crippen molar-refractivity contribution in [3.63, 3.8) is 0 Å². The van der Waals surface area contributed by atoms with Crippen molar-refractivity contribution < 1.29 is 29.7 Å². The van der Waals surface area contributed by atoms with Crippen LogP contribution >= 0.6 is 15.9 Å². The van der Waals surface area contributed by atoms with Crippen molar-refractivity contribution in [2.75, 3.05) is 0 Å². The number of halogens is 1. The summed E-state index contributed by atoms with van der Waals surface area (Å²) in [6.45, 7) is 0. The maximum atomic E-state index is 11.7. The maximum absolute atomic E-state index is 11.7. The van der Waals surface area contributed by atoms with E-state index in [0.717, 1.165) is 0 Å².